The van der Waals surface area contributed by atoms with Gasteiger partial charge in [-0.15, -0.1) is 11.8 Å². The lowest BCUT2D eigenvalue weighted by Gasteiger charge is -2.09. The Morgan fingerprint density at radius 1 is 1.12 bits per heavy atom. The lowest BCUT2D eigenvalue weighted by Crippen LogP contribution is -2.01. The van der Waals surface area contributed by atoms with Crippen LogP contribution in [0.3, 0.4) is 0 Å². The zero-order valence-electron chi connectivity index (χ0n) is 13.3. The second-order valence-electron chi connectivity index (χ2n) is 5.20. The number of nitrogens with zero attached hydrogens (tertiary/aromatic N) is 2. The van der Waals surface area contributed by atoms with E-state index in [2.05, 4.69) is 10.4 Å². The van der Waals surface area contributed by atoms with Gasteiger partial charge in [0.05, 0.1) is 11.4 Å². The molecule has 0 aliphatic rings. The van der Waals surface area contributed by atoms with E-state index in [4.69, 9.17) is 0 Å². The second kappa shape index (κ2) is 7.48. The Morgan fingerprint density at radius 2 is 1.80 bits per heavy atom. The summed E-state index contributed by atoms with van der Waals surface area (Å²) in [6.45, 7) is 0. The zero-order chi connectivity index (χ0) is 17.8. The van der Waals surface area contributed by atoms with Gasteiger partial charge in [-0.05, 0) is 48.7 Å². The molecule has 3 aromatic rings. The maximum atomic E-state index is 13.1. The molecule has 0 radical (unpaired) electrons. The molecule has 1 N–H and O–H groups in total. The second-order valence-corrected chi connectivity index (χ2v) is 6.08. The van der Waals surface area contributed by atoms with Gasteiger partial charge in [0, 0.05) is 16.1 Å². The van der Waals surface area contributed by atoms with Gasteiger partial charge in [-0.1, -0.05) is 12.1 Å². The molecular formula is C18H15F2N3OS. The average Bonchev–Trinajstić information content (AvgIpc) is 3.08. The summed E-state index contributed by atoms with van der Waals surface area (Å²) in [7, 11) is 0. The fourth-order valence-corrected chi connectivity index (χ4v) is 2.85. The molecule has 0 fully saturated rings. The fourth-order valence-electron chi connectivity index (χ4n) is 2.44. The largest absolute Gasteiger partial charge is 0.329 e. The van der Waals surface area contributed by atoms with Gasteiger partial charge in [0.2, 0.25) is 6.41 Å². The van der Waals surface area contributed by atoms with E-state index < -0.39 is 6.43 Å². The Hall–Kier alpha value is -2.67. The number of amides is 1. The molecule has 25 heavy (non-hydrogen) atoms. The van der Waals surface area contributed by atoms with Crippen LogP contribution < -0.4 is 5.32 Å². The molecule has 0 spiro atoms. The number of nitrogens with one attached hydrogen (secondary N) is 1. The van der Waals surface area contributed by atoms with E-state index in [-0.39, 0.29) is 5.69 Å². The van der Waals surface area contributed by atoms with Gasteiger partial charge < -0.3 is 5.32 Å². The number of hydrogen-bond acceptors (Lipinski definition) is 3. The molecular weight excluding hydrogens is 344 g/mol. The van der Waals surface area contributed by atoms with Crippen molar-refractivity contribution in [2.24, 2.45) is 0 Å². The van der Waals surface area contributed by atoms with E-state index >= 15 is 0 Å². The summed E-state index contributed by atoms with van der Waals surface area (Å²) in [5, 5.41) is 6.58. The first-order valence-corrected chi connectivity index (χ1v) is 8.68. The minimum atomic E-state index is -2.65. The molecule has 3 rings (SSSR count). The Kier molecular flexibility index (Phi) is 5.14. The Morgan fingerprint density at radius 3 is 2.36 bits per heavy atom. The summed E-state index contributed by atoms with van der Waals surface area (Å²) in [5.74, 6) is 0. The monoisotopic (exact) mass is 359 g/mol. The first-order chi connectivity index (χ1) is 12.1. The van der Waals surface area contributed by atoms with Gasteiger partial charge in [0.1, 0.15) is 5.69 Å². The molecule has 0 saturated carbocycles. The summed E-state index contributed by atoms with van der Waals surface area (Å²) in [4.78, 5) is 11.6. The van der Waals surface area contributed by atoms with Gasteiger partial charge in [0.15, 0.2) is 0 Å². The molecule has 0 aliphatic heterocycles. The van der Waals surface area contributed by atoms with Crippen LogP contribution in [0.4, 0.5) is 14.5 Å². The van der Waals surface area contributed by atoms with Crippen LogP contribution >= 0.6 is 11.8 Å². The quantitative estimate of drug-likeness (QED) is 0.509. The van der Waals surface area contributed by atoms with Crippen LogP contribution in [0.2, 0.25) is 0 Å². The average molecular weight is 359 g/mol. The fraction of sp³-hybridized carbons (Fsp3) is 0.111. The molecule has 4 nitrogen and oxygen atoms in total. The van der Waals surface area contributed by atoms with Crippen molar-refractivity contribution in [1.82, 2.24) is 9.78 Å². The number of hydrogen-bond donors (Lipinski definition) is 1. The molecule has 1 aromatic heterocycles. The highest BCUT2D eigenvalue weighted by molar-refractivity contribution is 7.98. The predicted octanol–water partition coefficient (Wildman–Crippen LogP) is 4.77. The van der Waals surface area contributed by atoms with E-state index in [9.17, 15) is 13.6 Å². The highest BCUT2D eigenvalue weighted by Crippen LogP contribution is 2.29. The molecule has 0 bridgehead atoms. The van der Waals surface area contributed by atoms with Gasteiger partial charge in [-0.25, -0.2) is 13.5 Å². The Bertz CT molecular complexity index is 861. The summed E-state index contributed by atoms with van der Waals surface area (Å²) in [6, 6.07) is 15.9. The number of aromatic nitrogens is 2. The van der Waals surface area contributed by atoms with Crippen LogP contribution in [-0.2, 0) is 4.79 Å². The molecule has 2 aromatic carbocycles. The van der Waals surface area contributed by atoms with E-state index in [0.717, 1.165) is 10.5 Å². The van der Waals surface area contributed by atoms with Crippen molar-refractivity contribution in [3.8, 4) is 16.9 Å². The first-order valence-electron chi connectivity index (χ1n) is 7.45. The summed E-state index contributed by atoms with van der Waals surface area (Å²) < 4.78 is 27.8. The molecule has 0 atom stereocenters. The summed E-state index contributed by atoms with van der Waals surface area (Å²) in [5.41, 5.74) is 2.35. The lowest BCUT2D eigenvalue weighted by molar-refractivity contribution is -0.105. The van der Waals surface area contributed by atoms with E-state index in [1.807, 2.05) is 30.5 Å². The van der Waals surface area contributed by atoms with E-state index in [0.29, 0.717) is 23.5 Å². The number of rotatable bonds is 6. The van der Waals surface area contributed by atoms with Crippen LogP contribution in [0.1, 0.15) is 12.1 Å². The van der Waals surface area contributed by atoms with Crippen LogP contribution in [-0.4, -0.2) is 22.4 Å². The van der Waals surface area contributed by atoms with Crippen molar-refractivity contribution in [3.63, 3.8) is 0 Å². The smallest absolute Gasteiger partial charge is 0.282 e. The highest BCUT2D eigenvalue weighted by atomic mass is 32.2. The van der Waals surface area contributed by atoms with Crippen molar-refractivity contribution >= 4 is 23.9 Å². The van der Waals surface area contributed by atoms with Crippen LogP contribution in [0.15, 0.2) is 59.5 Å². The number of alkyl halides is 2. The molecule has 1 amide bonds. The van der Waals surface area contributed by atoms with Crippen molar-refractivity contribution in [2.75, 3.05) is 11.6 Å². The Labute approximate surface area is 147 Å². The first kappa shape index (κ1) is 17.2. The number of halogens is 2. The molecule has 1 heterocycles. The van der Waals surface area contributed by atoms with Crippen molar-refractivity contribution in [1.29, 1.82) is 0 Å². The third kappa shape index (κ3) is 3.71. The lowest BCUT2D eigenvalue weighted by atomic mass is 10.1. The van der Waals surface area contributed by atoms with Gasteiger partial charge >= 0.3 is 0 Å². The molecule has 0 unspecified atom stereocenters. The Balaban J connectivity index is 2.06. The van der Waals surface area contributed by atoms with Crippen molar-refractivity contribution < 1.29 is 13.6 Å². The zero-order valence-corrected chi connectivity index (χ0v) is 14.1. The maximum Gasteiger partial charge on any atom is 0.282 e. The number of carbonyl (C=O) groups is 1. The number of anilines is 1. The van der Waals surface area contributed by atoms with Crippen LogP contribution in [0, 0.1) is 0 Å². The van der Waals surface area contributed by atoms with Crippen LogP contribution in [0.5, 0.6) is 0 Å². The molecule has 7 heteroatoms. The molecule has 0 aliphatic carbocycles. The minimum Gasteiger partial charge on any atom is -0.329 e. The van der Waals surface area contributed by atoms with Gasteiger partial charge in [-0.2, -0.15) is 5.10 Å². The SMILES string of the molecule is CSc1ccc(-c2cc(C(F)F)nn2-c2ccc(NC=O)cc2)cc1. The number of carbonyl (C=O) groups excluding carboxylic acids is 1. The standard InChI is InChI=1S/C18H15F2N3OS/c1-25-15-8-2-12(3-9-15)17-10-16(18(19)20)22-23(17)14-6-4-13(5-7-14)21-11-24/h2-11,18H,1H3,(H,21,24). The normalized spacial score (nSPS) is 10.9. The minimum absolute atomic E-state index is 0.279. The predicted molar refractivity (Wildman–Crippen MR) is 95.4 cm³/mol. The number of thioether (sulfide) groups is 1. The van der Waals surface area contributed by atoms with Gasteiger partial charge in [-0.3, -0.25) is 4.79 Å². The summed E-state index contributed by atoms with van der Waals surface area (Å²) >= 11 is 1.61. The highest BCUT2D eigenvalue weighted by Gasteiger charge is 2.17. The summed E-state index contributed by atoms with van der Waals surface area (Å²) in [6.07, 6.45) is -0.0962. The maximum absolute atomic E-state index is 13.1. The number of benzene rings is 2. The molecule has 0 saturated heterocycles. The third-order valence-corrected chi connectivity index (χ3v) is 4.42. The topological polar surface area (TPSA) is 46.9 Å². The van der Waals surface area contributed by atoms with E-state index in [1.165, 1.54) is 10.7 Å². The van der Waals surface area contributed by atoms with E-state index in [1.54, 1.807) is 36.0 Å². The van der Waals surface area contributed by atoms with Crippen molar-refractivity contribution in [3.05, 3.63) is 60.3 Å². The van der Waals surface area contributed by atoms with Gasteiger partial charge in [0.25, 0.3) is 6.43 Å². The van der Waals surface area contributed by atoms with Crippen molar-refractivity contribution in [2.45, 2.75) is 11.3 Å². The van der Waals surface area contributed by atoms with Crippen LogP contribution in [0.25, 0.3) is 16.9 Å². The molecule has 128 valence electrons. The third-order valence-electron chi connectivity index (χ3n) is 3.68.